The van der Waals surface area contributed by atoms with Gasteiger partial charge in [0.25, 0.3) is 0 Å². The number of benzene rings is 2. The average molecular weight is 625 g/mol. The van der Waals surface area contributed by atoms with Crippen molar-refractivity contribution in [3.63, 3.8) is 0 Å². The van der Waals surface area contributed by atoms with E-state index < -0.39 is 5.69 Å². The van der Waals surface area contributed by atoms with Crippen molar-refractivity contribution in [3.8, 4) is 28.6 Å². The number of hydrogen-bond donors (Lipinski definition) is 0. The molecule has 1 fully saturated rings. The number of pyridine rings is 1. The number of anilines is 1. The number of fused-ring (bicyclic) bond motifs is 5. The third-order valence-electron chi connectivity index (χ3n) is 8.53. The van der Waals surface area contributed by atoms with Crippen LogP contribution in [0.15, 0.2) is 47.9 Å². The van der Waals surface area contributed by atoms with Gasteiger partial charge in [0, 0.05) is 48.4 Å². The van der Waals surface area contributed by atoms with Crippen LogP contribution < -0.4 is 25.9 Å². The molecular formula is C33H34N6O3P2. The number of aryl methyl sites for hydroxylation is 1. The minimum absolute atomic E-state index is 0.0243. The number of carbonyl (C=O) groups excluding carboxylic acids is 1. The lowest BCUT2D eigenvalue weighted by Crippen LogP contribution is -2.54. The SMILES string of the molecule is C=CC(=O)N1CCN(c2nc(=O)n(-c3c(C)ccnc3C(C)C)c3c4c(c(C#N)cc23)-c2c(ccc(P)c2P)CO4)[C@@H](C)C1. The topological polar surface area (TPSA) is 104 Å². The van der Waals surface area contributed by atoms with Crippen LogP contribution in [0.1, 0.15) is 49.1 Å². The molecule has 2 unspecified atom stereocenters. The molecule has 4 heterocycles. The van der Waals surface area contributed by atoms with Gasteiger partial charge in [0.15, 0.2) is 5.75 Å². The number of nitrogens with zero attached hydrogens (tertiary/aromatic N) is 6. The summed E-state index contributed by atoms with van der Waals surface area (Å²) in [5, 5.41) is 13.1. The summed E-state index contributed by atoms with van der Waals surface area (Å²) in [6.45, 7) is 13.3. The number of nitriles is 1. The Kier molecular flexibility index (Phi) is 7.78. The largest absolute Gasteiger partial charge is 0.486 e. The second-order valence-electron chi connectivity index (χ2n) is 11.6. The molecule has 11 heteroatoms. The highest BCUT2D eigenvalue weighted by atomic mass is 31.0. The fourth-order valence-corrected chi connectivity index (χ4v) is 7.04. The van der Waals surface area contributed by atoms with Crippen LogP contribution in [0.3, 0.4) is 0 Å². The number of rotatable bonds is 4. The van der Waals surface area contributed by atoms with E-state index in [1.165, 1.54) is 6.08 Å². The molecule has 44 heavy (non-hydrogen) atoms. The van der Waals surface area contributed by atoms with Gasteiger partial charge in [-0.05, 0) is 59.7 Å². The van der Waals surface area contributed by atoms with Gasteiger partial charge in [-0.25, -0.2) is 4.79 Å². The van der Waals surface area contributed by atoms with Crippen LogP contribution >= 0.6 is 18.5 Å². The zero-order valence-electron chi connectivity index (χ0n) is 25.2. The molecule has 1 saturated heterocycles. The third-order valence-corrected chi connectivity index (χ3v) is 9.99. The number of aromatic nitrogens is 3. The molecule has 2 aromatic heterocycles. The third kappa shape index (κ3) is 4.69. The first-order chi connectivity index (χ1) is 21.1. The van der Waals surface area contributed by atoms with Crippen molar-refractivity contribution in [3.05, 3.63) is 76.0 Å². The maximum absolute atomic E-state index is 14.3. The highest BCUT2D eigenvalue weighted by Gasteiger charge is 2.34. The smallest absolute Gasteiger partial charge is 0.354 e. The van der Waals surface area contributed by atoms with Gasteiger partial charge < -0.3 is 14.5 Å². The van der Waals surface area contributed by atoms with Crippen molar-refractivity contribution in [1.29, 1.82) is 5.26 Å². The lowest BCUT2D eigenvalue weighted by molar-refractivity contribution is -0.126. The Balaban J connectivity index is 1.74. The summed E-state index contributed by atoms with van der Waals surface area (Å²) in [7, 11) is 5.56. The molecule has 4 aromatic rings. The van der Waals surface area contributed by atoms with Crippen molar-refractivity contribution in [2.24, 2.45) is 0 Å². The molecular weight excluding hydrogens is 590 g/mol. The lowest BCUT2D eigenvalue weighted by atomic mass is 9.91. The minimum atomic E-state index is -0.463. The van der Waals surface area contributed by atoms with E-state index in [9.17, 15) is 14.9 Å². The summed E-state index contributed by atoms with van der Waals surface area (Å²) >= 11 is 0. The first-order valence-corrected chi connectivity index (χ1v) is 15.7. The minimum Gasteiger partial charge on any atom is -0.486 e. The van der Waals surface area contributed by atoms with Crippen LogP contribution in [0, 0.1) is 18.3 Å². The standard InChI is InChI=1S/C33H34N6O3P2/c1-6-24(40)37-11-12-38(19(5)15-37)32-22-13-21(14-34)25-26-20(7-8-23(43)31(26)44)16-42-30(25)29(22)39(33(41)36-32)28-18(4)9-10-35-27(28)17(2)3/h6-10,13,17,19H,1,11-12,15-16,43-44H2,2-5H3/t19-/m0/s1. The molecule has 9 nitrogen and oxygen atoms in total. The predicted molar refractivity (Wildman–Crippen MR) is 181 cm³/mol. The van der Waals surface area contributed by atoms with Gasteiger partial charge in [-0.1, -0.05) is 32.6 Å². The van der Waals surface area contributed by atoms with Crippen LogP contribution in [0.5, 0.6) is 5.75 Å². The number of hydrogen-bond acceptors (Lipinski definition) is 7. The second kappa shape index (κ2) is 11.4. The number of carbonyl (C=O) groups is 1. The molecule has 2 aliphatic rings. The van der Waals surface area contributed by atoms with Crippen LogP contribution in [-0.2, 0) is 11.4 Å². The van der Waals surface area contributed by atoms with Gasteiger partial charge >= 0.3 is 5.69 Å². The summed E-state index contributed by atoms with van der Waals surface area (Å²) in [6.07, 6.45) is 3.08. The van der Waals surface area contributed by atoms with Gasteiger partial charge in [0.2, 0.25) is 5.91 Å². The first-order valence-electron chi connectivity index (χ1n) is 14.5. The van der Waals surface area contributed by atoms with Gasteiger partial charge in [-0.15, -0.1) is 18.5 Å². The zero-order valence-corrected chi connectivity index (χ0v) is 27.5. The molecule has 0 bridgehead atoms. The summed E-state index contributed by atoms with van der Waals surface area (Å²) in [5.74, 6) is 0.827. The summed E-state index contributed by atoms with van der Waals surface area (Å²) in [6, 6.07) is 10.0. The van der Waals surface area contributed by atoms with Crippen LogP contribution in [0.2, 0.25) is 0 Å². The second-order valence-corrected chi connectivity index (χ2v) is 12.8. The number of amides is 1. The highest BCUT2D eigenvalue weighted by Crippen LogP contribution is 2.46. The molecule has 2 aromatic carbocycles. The fourth-order valence-electron chi connectivity index (χ4n) is 6.37. The molecule has 2 aliphatic heterocycles. The van der Waals surface area contributed by atoms with Crippen molar-refractivity contribution >= 4 is 51.7 Å². The highest BCUT2D eigenvalue weighted by molar-refractivity contribution is 7.36. The van der Waals surface area contributed by atoms with E-state index in [1.54, 1.807) is 15.7 Å². The molecule has 3 atom stereocenters. The van der Waals surface area contributed by atoms with Gasteiger partial charge in [0.1, 0.15) is 17.9 Å². The van der Waals surface area contributed by atoms with Crippen LogP contribution in [0.25, 0.3) is 27.7 Å². The molecule has 0 aliphatic carbocycles. The molecule has 0 spiro atoms. The predicted octanol–water partition coefficient (Wildman–Crippen LogP) is 3.87. The Labute approximate surface area is 261 Å². The summed E-state index contributed by atoms with van der Waals surface area (Å²) in [4.78, 5) is 39.9. The van der Waals surface area contributed by atoms with Crippen LogP contribution in [-0.4, -0.2) is 51.0 Å². The molecule has 0 N–H and O–H groups in total. The molecule has 0 saturated carbocycles. The van der Waals surface area contributed by atoms with E-state index in [2.05, 4.69) is 36.1 Å². The summed E-state index contributed by atoms with van der Waals surface area (Å²) in [5.41, 5.74) is 5.35. The quantitative estimate of drug-likeness (QED) is 0.251. The first kappa shape index (κ1) is 29.9. The van der Waals surface area contributed by atoms with Gasteiger partial charge in [-0.2, -0.15) is 10.2 Å². The Bertz CT molecular complexity index is 1980. The van der Waals surface area contributed by atoms with E-state index >= 15 is 0 Å². The number of ether oxygens (including phenoxy) is 1. The monoisotopic (exact) mass is 624 g/mol. The van der Waals surface area contributed by atoms with Gasteiger partial charge in [0.05, 0.1) is 23.0 Å². The van der Waals surface area contributed by atoms with E-state index in [1.807, 2.05) is 56.9 Å². The van der Waals surface area contributed by atoms with E-state index in [-0.39, 0.29) is 24.5 Å². The van der Waals surface area contributed by atoms with Crippen LogP contribution in [0.4, 0.5) is 5.82 Å². The van der Waals surface area contributed by atoms with E-state index in [0.717, 1.165) is 33.0 Å². The summed E-state index contributed by atoms with van der Waals surface area (Å²) < 4.78 is 8.15. The Morgan fingerprint density at radius 2 is 2.00 bits per heavy atom. The maximum Gasteiger partial charge on any atom is 0.354 e. The van der Waals surface area contributed by atoms with Crippen molar-refractivity contribution in [2.75, 3.05) is 24.5 Å². The molecule has 224 valence electrons. The Morgan fingerprint density at radius 1 is 1.23 bits per heavy atom. The van der Waals surface area contributed by atoms with Crippen molar-refractivity contribution in [2.45, 2.75) is 46.3 Å². The normalized spacial score (nSPS) is 15.9. The Morgan fingerprint density at radius 3 is 2.68 bits per heavy atom. The molecule has 0 radical (unpaired) electrons. The lowest BCUT2D eigenvalue weighted by Gasteiger charge is -2.40. The van der Waals surface area contributed by atoms with Gasteiger partial charge in [-0.3, -0.25) is 14.3 Å². The maximum atomic E-state index is 14.3. The van der Waals surface area contributed by atoms with Crippen molar-refractivity contribution < 1.29 is 9.53 Å². The molecule has 6 rings (SSSR count). The Hall–Kier alpha value is -4.11. The fraction of sp³-hybridized carbons (Fsp3) is 0.303. The van der Waals surface area contributed by atoms with E-state index in [4.69, 9.17) is 9.72 Å². The number of piperazine rings is 1. The average Bonchev–Trinajstić information content (AvgIpc) is 3.01. The zero-order chi connectivity index (χ0) is 31.4. The molecule has 1 amide bonds. The van der Waals surface area contributed by atoms with Crippen molar-refractivity contribution in [1.82, 2.24) is 19.4 Å². The van der Waals surface area contributed by atoms with E-state index in [0.29, 0.717) is 58.9 Å².